The fourth-order valence-corrected chi connectivity index (χ4v) is 2.09. The number of hydrogen-bond acceptors (Lipinski definition) is 4. The molecule has 2 heterocycles. The first-order valence-corrected chi connectivity index (χ1v) is 5.72. The van der Waals surface area contributed by atoms with Crippen LogP contribution in [0.2, 0.25) is 0 Å². The number of nitriles is 2. The summed E-state index contributed by atoms with van der Waals surface area (Å²) in [5.41, 5.74) is 0.416. The van der Waals surface area contributed by atoms with Crippen LogP contribution in [0.3, 0.4) is 0 Å². The van der Waals surface area contributed by atoms with Crippen molar-refractivity contribution in [2.24, 2.45) is 5.41 Å². The van der Waals surface area contributed by atoms with Gasteiger partial charge in [-0.05, 0) is 24.5 Å². The molecule has 0 radical (unpaired) electrons. The minimum Gasteiger partial charge on any atom is -0.299 e. The van der Waals surface area contributed by atoms with Crippen LogP contribution in [0, 0.1) is 28.1 Å². The van der Waals surface area contributed by atoms with Gasteiger partial charge in [0.15, 0.2) is 0 Å². The maximum absolute atomic E-state index is 9.02. The first kappa shape index (κ1) is 11.6. The van der Waals surface area contributed by atoms with Gasteiger partial charge in [0.2, 0.25) is 0 Å². The summed E-state index contributed by atoms with van der Waals surface area (Å²) in [5, 5.41) is 18.0. The summed E-state index contributed by atoms with van der Waals surface area (Å²) < 4.78 is 0. The van der Waals surface area contributed by atoms with Crippen molar-refractivity contribution < 1.29 is 0 Å². The second kappa shape index (κ2) is 4.95. The highest BCUT2D eigenvalue weighted by Crippen LogP contribution is 2.30. The summed E-state index contributed by atoms with van der Waals surface area (Å²) in [6, 6.07) is 8.27. The van der Waals surface area contributed by atoms with Gasteiger partial charge in [-0.15, -0.1) is 0 Å². The SMILES string of the molecule is N#CC1(C#N)CCN(Cc2cccnc2)CC1. The van der Waals surface area contributed by atoms with Gasteiger partial charge in [0.05, 0.1) is 12.1 Å². The molecule has 1 aliphatic rings. The number of likely N-dealkylation sites (tertiary alicyclic amines) is 1. The van der Waals surface area contributed by atoms with E-state index in [0.29, 0.717) is 12.8 Å². The molecule has 0 saturated carbocycles. The highest BCUT2D eigenvalue weighted by Gasteiger charge is 2.34. The van der Waals surface area contributed by atoms with Gasteiger partial charge in [0, 0.05) is 32.0 Å². The maximum Gasteiger partial charge on any atom is 0.146 e. The molecule has 0 amide bonds. The highest BCUT2D eigenvalue weighted by molar-refractivity contribution is 5.16. The van der Waals surface area contributed by atoms with Crippen LogP contribution in [0.1, 0.15) is 18.4 Å². The van der Waals surface area contributed by atoms with Crippen molar-refractivity contribution >= 4 is 0 Å². The molecule has 0 unspecified atom stereocenters. The molecule has 2 rings (SSSR count). The number of piperidine rings is 1. The number of rotatable bonds is 2. The van der Waals surface area contributed by atoms with Gasteiger partial charge in [-0.3, -0.25) is 9.88 Å². The molecule has 1 aromatic heterocycles. The van der Waals surface area contributed by atoms with E-state index in [-0.39, 0.29) is 0 Å². The van der Waals surface area contributed by atoms with Gasteiger partial charge < -0.3 is 0 Å². The molecule has 86 valence electrons. The summed E-state index contributed by atoms with van der Waals surface area (Å²) in [6.45, 7) is 2.45. The smallest absolute Gasteiger partial charge is 0.146 e. The minimum atomic E-state index is -0.758. The molecular formula is C13H14N4. The van der Waals surface area contributed by atoms with E-state index in [1.54, 1.807) is 6.20 Å². The third-order valence-corrected chi connectivity index (χ3v) is 3.27. The van der Waals surface area contributed by atoms with Gasteiger partial charge in [-0.1, -0.05) is 6.07 Å². The van der Waals surface area contributed by atoms with Crippen molar-refractivity contribution in [3.8, 4) is 12.1 Å². The van der Waals surface area contributed by atoms with Crippen molar-refractivity contribution in [3.63, 3.8) is 0 Å². The summed E-state index contributed by atoms with van der Waals surface area (Å²) >= 11 is 0. The number of hydrogen-bond donors (Lipinski definition) is 0. The second-order valence-corrected chi connectivity index (χ2v) is 4.44. The van der Waals surface area contributed by atoms with Gasteiger partial charge in [-0.2, -0.15) is 10.5 Å². The summed E-state index contributed by atoms with van der Waals surface area (Å²) in [5.74, 6) is 0. The Labute approximate surface area is 101 Å². The molecule has 0 bridgehead atoms. The van der Waals surface area contributed by atoms with E-state index in [0.717, 1.165) is 19.6 Å². The van der Waals surface area contributed by atoms with Crippen LogP contribution in [0.25, 0.3) is 0 Å². The van der Waals surface area contributed by atoms with Crippen LogP contribution in [0.4, 0.5) is 0 Å². The van der Waals surface area contributed by atoms with Crippen LogP contribution in [0.5, 0.6) is 0 Å². The Morgan fingerprint density at radius 1 is 1.29 bits per heavy atom. The number of pyridine rings is 1. The van der Waals surface area contributed by atoms with Crippen LogP contribution in [0.15, 0.2) is 24.5 Å². The zero-order chi connectivity index (χ0) is 12.1. The predicted molar refractivity (Wildman–Crippen MR) is 62.4 cm³/mol. The lowest BCUT2D eigenvalue weighted by Crippen LogP contribution is -2.38. The fraction of sp³-hybridized carbons (Fsp3) is 0.462. The number of nitrogens with zero attached hydrogens (tertiary/aromatic N) is 4. The largest absolute Gasteiger partial charge is 0.299 e. The Kier molecular flexibility index (Phi) is 3.37. The number of aromatic nitrogens is 1. The van der Waals surface area contributed by atoms with E-state index in [9.17, 15) is 0 Å². The first-order valence-electron chi connectivity index (χ1n) is 5.72. The molecule has 0 aliphatic carbocycles. The highest BCUT2D eigenvalue weighted by atomic mass is 15.1. The van der Waals surface area contributed by atoms with E-state index in [2.05, 4.69) is 22.0 Å². The van der Waals surface area contributed by atoms with Gasteiger partial charge >= 0.3 is 0 Å². The van der Waals surface area contributed by atoms with E-state index in [4.69, 9.17) is 10.5 Å². The molecule has 4 heteroatoms. The zero-order valence-corrected chi connectivity index (χ0v) is 9.63. The molecule has 0 atom stereocenters. The topological polar surface area (TPSA) is 63.7 Å². The third kappa shape index (κ3) is 2.61. The van der Waals surface area contributed by atoms with Gasteiger partial charge in [0.25, 0.3) is 0 Å². The Balaban J connectivity index is 1.93. The lowest BCUT2D eigenvalue weighted by Gasteiger charge is -2.32. The van der Waals surface area contributed by atoms with Crippen LogP contribution in [-0.2, 0) is 6.54 Å². The Hall–Kier alpha value is -1.91. The summed E-state index contributed by atoms with van der Waals surface area (Å²) in [4.78, 5) is 6.35. The molecule has 1 aromatic rings. The van der Waals surface area contributed by atoms with Crippen molar-refractivity contribution in [2.75, 3.05) is 13.1 Å². The molecule has 4 nitrogen and oxygen atoms in total. The van der Waals surface area contributed by atoms with E-state index in [1.165, 1.54) is 5.56 Å². The predicted octanol–water partition coefficient (Wildman–Crippen LogP) is 1.71. The van der Waals surface area contributed by atoms with Crippen molar-refractivity contribution in [3.05, 3.63) is 30.1 Å². The van der Waals surface area contributed by atoms with Gasteiger partial charge in [-0.25, -0.2) is 0 Å². The molecule has 1 saturated heterocycles. The fourth-order valence-electron chi connectivity index (χ4n) is 2.09. The Bertz CT molecular complexity index is 431. The lowest BCUT2D eigenvalue weighted by atomic mass is 9.81. The Morgan fingerprint density at radius 3 is 2.53 bits per heavy atom. The van der Waals surface area contributed by atoms with Crippen LogP contribution in [-0.4, -0.2) is 23.0 Å². The first-order chi connectivity index (χ1) is 8.28. The minimum absolute atomic E-state index is 0.639. The average Bonchev–Trinajstić information content (AvgIpc) is 2.41. The van der Waals surface area contributed by atoms with Crippen molar-refractivity contribution in [1.82, 2.24) is 9.88 Å². The quantitative estimate of drug-likeness (QED) is 0.770. The third-order valence-electron chi connectivity index (χ3n) is 3.27. The van der Waals surface area contributed by atoms with Crippen LogP contribution >= 0.6 is 0 Å². The molecule has 0 spiro atoms. The average molecular weight is 226 g/mol. The van der Waals surface area contributed by atoms with Crippen molar-refractivity contribution in [2.45, 2.75) is 19.4 Å². The van der Waals surface area contributed by atoms with Crippen molar-refractivity contribution in [1.29, 1.82) is 10.5 Å². The monoisotopic (exact) mass is 226 g/mol. The molecule has 1 fully saturated rings. The molecule has 17 heavy (non-hydrogen) atoms. The molecule has 0 N–H and O–H groups in total. The Morgan fingerprint density at radius 2 is 2.00 bits per heavy atom. The molecule has 1 aliphatic heterocycles. The molecule has 0 aromatic carbocycles. The summed E-state index contributed by atoms with van der Waals surface area (Å²) in [7, 11) is 0. The van der Waals surface area contributed by atoms with E-state index >= 15 is 0 Å². The lowest BCUT2D eigenvalue weighted by molar-refractivity contribution is 0.169. The van der Waals surface area contributed by atoms with E-state index < -0.39 is 5.41 Å². The second-order valence-electron chi connectivity index (χ2n) is 4.44. The standard InChI is InChI=1S/C13H14N4/c14-10-13(11-15)3-6-17(7-4-13)9-12-2-1-5-16-8-12/h1-2,5,8H,3-4,6-7,9H2. The maximum atomic E-state index is 9.02. The molecular weight excluding hydrogens is 212 g/mol. The normalized spacial score (nSPS) is 19.2. The van der Waals surface area contributed by atoms with Crippen LogP contribution < -0.4 is 0 Å². The zero-order valence-electron chi connectivity index (χ0n) is 9.63. The van der Waals surface area contributed by atoms with Gasteiger partial charge in [0.1, 0.15) is 5.41 Å². The summed E-state index contributed by atoms with van der Waals surface area (Å²) in [6.07, 6.45) is 4.90. The van der Waals surface area contributed by atoms with E-state index in [1.807, 2.05) is 18.3 Å².